The maximum Gasteiger partial charge on any atom is 0.356 e. The van der Waals surface area contributed by atoms with E-state index in [-0.39, 0.29) is 29.5 Å². The second-order valence-corrected chi connectivity index (χ2v) is 5.92. The Kier molecular flexibility index (Phi) is 6.22. The summed E-state index contributed by atoms with van der Waals surface area (Å²) in [5, 5.41) is 21.6. The van der Waals surface area contributed by atoms with Crippen LogP contribution in [0.2, 0.25) is 0 Å². The number of aliphatic hydroxyl groups excluding tert-OH is 1. The molecular formula is C13H21N3O3S. The lowest BCUT2D eigenvalue weighted by Gasteiger charge is -2.23. The Morgan fingerprint density at radius 3 is 2.55 bits per heavy atom. The molecule has 1 aromatic rings. The Morgan fingerprint density at radius 1 is 1.45 bits per heavy atom. The molecule has 0 spiro atoms. The first-order valence-corrected chi connectivity index (χ1v) is 7.69. The number of carboxylic acid groups (broad SMARTS) is 1. The van der Waals surface area contributed by atoms with Crippen molar-refractivity contribution in [2.24, 2.45) is 0 Å². The number of anilines is 1. The summed E-state index contributed by atoms with van der Waals surface area (Å²) in [5.74, 6) is -0.520. The number of hydrogen-bond acceptors (Lipinski definition) is 6. The van der Waals surface area contributed by atoms with Crippen molar-refractivity contribution in [1.82, 2.24) is 9.97 Å². The van der Waals surface area contributed by atoms with E-state index in [1.807, 2.05) is 27.0 Å². The highest BCUT2D eigenvalue weighted by molar-refractivity contribution is 7.99. The largest absolute Gasteiger partial charge is 0.476 e. The van der Waals surface area contributed by atoms with Crippen LogP contribution >= 0.6 is 11.8 Å². The van der Waals surface area contributed by atoms with Gasteiger partial charge in [-0.1, -0.05) is 13.8 Å². The van der Waals surface area contributed by atoms with E-state index < -0.39 is 5.97 Å². The molecule has 3 N–H and O–H groups in total. The molecule has 2 unspecified atom stereocenters. The minimum absolute atomic E-state index is 0.0165. The van der Waals surface area contributed by atoms with Gasteiger partial charge in [-0.05, 0) is 13.2 Å². The number of carbonyl (C=O) groups is 1. The molecule has 1 aromatic heterocycles. The van der Waals surface area contributed by atoms with E-state index in [0.717, 1.165) is 0 Å². The third-order valence-electron chi connectivity index (χ3n) is 2.95. The number of nitrogens with one attached hydrogen (secondary N) is 1. The predicted molar refractivity (Wildman–Crippen MR) is 80.6 cm³/mol. The zero-order chi connectivity index (χ0) is 15.3. The van der Waals surface area contributed by atoms with E-state index in [1.165, 1.54) is 18.0 Å². The molecule has 0 fully saturated rings. The van der Waals surface area contributed by atoms with Crippen molar-refractivity contribution < 1.29 is 15.0 Å². The minimum Gasteiger partial charge on any atom is -0.476 e. The lowest BCUT2D eigenvalue weighted by atomic mass is 10.2. The highest BCUT2D eigenvalue weighted by Crippen LogP contribution is 2.20. The smallest absolute Gasteiger partial charge is 0.356 e. The van der Waals surface area contributed by atoms with Crippen LogP contribution in [0.15, 0.2) is 6.20 Å². The van der Waals surface area contributed by atoms with Crippen molar-refractivity contribution in [3.63, 3.8) is 0 Å². The van der Waals surface area contributed by atoms with Gasteiger partial charge in [0.25, 0.3) is 0 Å². The first kappa shape index (κ1) is 16.7. The van der Waals surface area contributed by atoms with Crippen LogP contribution in [0.4, 0.5) is 5.69 Å². The van der Waals surface area contributed by atoms with E-state index in [0.29, 0.717) is 11.5 Å². The van der Waals surface area contributed by atoms with E-state index in [1.54, 1.807) is 0 Å². The molecule has 1 heterocycles. The van der Waals surface area contributed by atoms with Gasteiger partial charge in [0.15, 0.2) is 5.69 Å². The minimum atomic E-state index is -1.09. The number of thioether (sulfide) groups is 1. The fraction of sp³-hybridized carbons (Fsp3) is 0.615. The van der Waals surface area contributed by atoms with Gasteiger partial charge < -0.3 is 15.5 Å². The zero-order valence-corrected chi connectivity index (χ0v) is 12.9. The van der Waals surface area contributed by atoms with Gasteiger partial charge >= 0.3 is 5.97 Å². The van der Waals surface area contributed by atoms with Crippen molar-refractivity contribution >= 4 is 23.4 Å². The standard InChI is InChI=1S/C13H21N3O3S/c1-7(2)12-14-5-9(11(16-12)13(18)19)15-8(3)10(6-17)20-4/h5,7-8,10,15,17H,6H2,1-4H3,(H,18,19). The van der Waals surface area contributed by atoms with Crippen LogP contribution in [0.5, 0.6) is 0 Å². The van der Waals surface area contributed by atoms with Gasteiger partial charge in [0, 0.05) is 17.2 Å². The molecule has 112 valence electrons. The first-order chi connectivity index (χ1) is 9.40. The third-order valence-corrected chi connectivity index (χ3v) is 4.11. The monoisotopic (exact) mass is 299 g/mol. The summed E-state index contributed by atoms with van der Waals surface area (Å²) in [5.41, 5.74) is 0.343. The zero-order valence-electron chi connectivity index (χ0n) is 12.1. The SMILES string of the molecule is CSC(CO)C(C)Nc1cnc(C(C)C)nc1C(=O)O. The molecule has 1 rings (SSSR count). The molecule has 0 aliphatic rings. The normalized spacial score (nSPS) is 14.1. The van der Waals surface area contributed by atoms with Crippen molar-refractivity contribution in [1.29, 1.82) is 0 Å². The second kappa shape index (κ2) is 7.44. The fourth-order valence-corrected chi connectivity index (χ4v) is 2.34. The molecule has 0 bridgehead atoms. The number of carboxylic acids is 1. The topological polar surface area (TPSA) is 95.3 Å². The summed E-state index contributed by atoms with van der Waals surface area (Å²) in [6.45, 7) is 5.72. The second-order valence-electron chi connectivity index (χ2n) is 4.84. The van der Waals surface area contributed by atoms with E-state index in [2.05, 4.69) is 15.3 Å². The number of rotatable bonds is 7. The van der Waals surface area contributed by atoms with Gasteiger partial charge in [0.2, 0.25) is 0 Å². The molecule has 0 saturated carbocycles. The predicted octanol–water partition coefficient (Wildman–Crippen LogP) is 1.82. The lowest BCUT2D eigenvalue weighted by Crippen LogP contribution is -2.32. The van der Waals surface area contributed by atoms with Gasteiger partial charge in [0.05, 0.1) is 18.5 Å². The van der Waals surface area contributed by atoms with E-state index >= 15 is 0 Å². The molecule has 7 heteroatoms. The average molecular weight is 299 g/mol. The van der Waals surface area contributed by atoms with Crippen LogP contribution in [0, 0.1) is 0 Å². The van der Waals surface area contributed by atoms with Crippen LogP contribution < -0.4 is 5.32 Å². The average Bonchev–Trinajstić information content (AvgIpc) is 2.39. The van der Waals surface area contributed by atoms with Gasteiger partial charge in [0.1, 0.15) is 5.82 Å². The van der Waals surface area contributed by atoms with Gasteiger partial charge in [-0.25, -0.2) is 14.8 Å². The third kappa shape index (κ3) is 4.08. The van der Waals surface area contributed by atoms with Crippen LogP contribution in [0.25, 0.3) is 0 Å². The Balaban J connectivity index is 3.03. The maximum absolute atomic E-state index is 11.3. The van der Waals surface area contributed by atoms with Gasteiger partial charge in [-0.15, -0.1) is 0 Å². The molecular weight excluding hydrogens is 278 g/mol. The van der Waals surface area contributed by atoms with Crippen molar-refractivity contribution in [2.75, 3.05) is 18.2 Å². The summed E-state index contributed by atoms with van der Waals surface area (Å²) in [7, 11) is 0. The molecule has 0 radical (unpaired) electrons. The van der Waals surface area contributed by atoms with Crippen LogP contribution in [-0.4, -0.2) is 50.3 Å². The molecule has 0 aliphatic heterocycles. The number of aromatic carboxylic acids is 1. The van der Waals surface area contributed by atoms with Crippen molar-refractivity contribution in [3.05, 3.63) is 17.7 Å². The highest BCUT2D eigenvalue weighted by Gasteiger charge is 2.20. The molecule has 0 aromatic carbocycles. The molecule has 0 saturated heterocycles. The highest BCUT2D eigenvalue weighted by atomic mass is 32.2. The molecule has 0 aliphatic carbocycles. The maximum atomic E-state index is 11.3. The van der Waals surface area contributed by atoms with E-state index in [9.17, 15) is 15.0 Å². The number of aromatic nitrogens is 2. The van der Waals surface area contributed by atoms with Crippen molar-refractivity contribution in [2.45, 2.75) is 38.0 Å². The lowest BCUT2D eigenvalue weighted by molar-refractivity contribution is 0.0691. The Hall–Kier alpha value is -1.34. The Labute approximate surface area is 123 Å². The summed E-state index contributed by atoms with van der Waals surface area (Å²) in [6.07, 6.45) is 3.40. The fourth-order valence-electron chi connectivity index (χ4n) is 1.72. The quantitative estimate of drug-likeness (QED) is 0.706. The van der Waals surface area contributed by atoms with Crippen LogP contribution in [0.1, 0.15) is 43.0 Å². The van der Waals surface area contributed by atoms with Crippen LogP contribution in [0.3, 0.4) is 0 Å². The van der Waals surface area contributed by atoms with Crippen LogP contribution in [-0.2, 0) is 0 Å². The van der Waals surface area contributed by atoms with Gasteiger partial charge in [-0.2, -0.15) is 11.8 Å². The Morgan fingerprint density at radius 2 is 2.10 bits per heavy atom. The van der Waals surface area contributed by atoms with E-state index in [4.69, 9.17) is 0 Å². The summed E-state index contributed by atoms with van der Waals surface area (Å²) in [6, 6.07) is -0.0957. The van der Waals surface area contributed by atoms with Crippen molar-refractivity contribution in [3.8, 4) is 0 Å². The Bertz CT molecular complexity index is 464. The number of aliphatic hydroxyl groups is 1. The number of nitrogens with zero attached hydrogens (tertiary/aromatic N) is 2. The first-order valence-electron chi connectivity index (χ1n) is 6.41. The number of hydrogen-bond donors (Lipinski definition) is 3. The molecule has 20 heavy (non-hydrogen) atoms. The summed E-state index contributed by atoms with van der Waals surface area (Å²) < 4.78 is 0. The molecule has 6 nitrogen and oxygen atoms in total. The molecule has 2 atom stereocenters. The summed E-state index contributed by atoms with van der Waals surface area (Å²) >= 11 is 1.52. The van der Waals surface area contributed by atoms with Gasteiger partial charge in [-0.3, -0.25) is 0 Å². The molecule has 0 amide bonds. The summed E-state index contributed by atoms with van der Waals surface area (Å²) in [4.78, 5) is 19.6.